The molecule has 1 saturated heterocycles. The van der Waals surface area contributed by atoms with E-state index in [0.717, 1.165) is 30.9 Å². The monoisotopic (exact) mass is 250 g/mol. The summed E-state index contributed by atoms with van der Waals surface area (Å²) >= 11 is 0. The molecule has 18 heavy (non-hydrogen) atoms. The van der Waals surface area contributed by atoms with Crippen molar-refractivity contribution in [2.24, 2.45) is 5.92 Å². The number of hydrogen-bond donors (Lipinski definition) is 2. The Hall–Kier alpha value is -1.29. The summed E-state index contributed by atoms with van der Waals surface area (Å²) in [5.74, 6) is 1.97. The quantitative estimate of drug-likeness (QED) is 0.864. The zero-order valence-corrected chi connectivity index (χ0v) is 11.3. The van der Waals surface area contributed by atoms with Gasteiger partial charge in [0.05, 0.1) is 6.04 Å². The molecule has 4 heteroatoms. The van der Waals surface area contributed by atoms with Crippen molar-refractivity contribution in [2.75, 3.05) is 6.54 Å². The van der Waals surface area contributed by atoms with Gasteiger partial charge in [0.15, 0.2) is 0 Å². The first-order chi connectivity index (χ1) is 8.56. The van der Waals surface area contributed by atoms with Gasteiger partial charge < -0.3 is 15.1 Å². The van der Waals surface area contributed by atoms with Crippen LogP contribution in [0.1, 0.15) is 44.3 Å². The van der Waals surface area contributed by atoms with E-state index in [9.17, 15) is 4.79 Å². The van der Waals surface area contributed by atoms with Crippen molar-refractivity contribution >= 4 is 5.91 Å². The number of piperidine rings is 1. The van der Waals surface area contributed by atoms with Crippen LogP contribution in [0.25, 0.3) is 0 Å². The number of rotatable bonds is 3. The Balaban J connectivity index is 1.90. The number of amides is 1. The van der Waals surface area contributed by atoms with Gasteiger partial charge in [-0.15, -0.1) is 0 Å². The molecular formula is C14H22N2O2. The van der Waals surface area contributed by atoms with Crippen LogP contribution < -0.4 is 10.6 Å². The fourth-order valence-electron chi connectivity index (χ4n) is 2.46. The second-order valence-corrected chi connectivity index (χ2v) is 5.26. The summed E-state index contributed by atoms with van der Waals surface area (Å²) in [6.07, 6.45) is 1.83. The Morgan fingerprint density at radius 3 is 2.94 bits per heavy atom. The SMILES string of the molecule is Cc1ccc(C(C)NC(=O)C2CCNC(C)C2)o1. The van der Waals surface area contributed by atoms with E-state index < -0.39 is 0 Å². The highest BCUT2D eigenvalue weighted by Gasteiger charge is 2.26. The van der Waals surface area contributed by atoms with Gasteiger partial charge in [-0.05, 0) is 52.3 Å². The standard InChI is InChI=1S/C14H22N2O2/c1-9-8-12(6-7-15-9)14(17)16-11(3)13-5-4-10(2)18-13/h4-5,9,11-12,15H,6-8H2,1-3H3,(H,16,17). The van der Waals surface area contributed by atoms with E-state index in [1.807, 2.05) is 26.0 Å². The molecule has 1 aromatic rings. The average molecular weight is 250 g/mol. The topological polar surface area (TPSA) is 54.3 Å². The molecule has 0 aliphatic carbocycles. The van der Waals surface area contributed by atoms with Crippen molar-refractivity contribution in [3.05, 3.63) is 23.7 Å². The molecular weight excluding hydrogens is 228 g/mol. The van der Waals surface area contributed by atoms with Crippen molar-refractivity contribution in [2.45, 2.75) is 45.7 Å². The van der Waals surface area contributed by atoms with Crippen LogP contribution in [0.2, 0.25) is 0 Å². The second-order valence-electron chi connectivity index (χ2n) is 5.26. The van der Waals surface area contributed by atoms with Crippen LogP contribution in [0, 0.1) is 12.8 Å². The number of hydrogen-bond acceptors (Lipinski definition) is 3. The molecule has 2 rings (SSSR count). The van der Waals surface area contributed by atoms with Gasteiger partial charge >= 0.3 is 0 Å². The summed E-state index contributed by atoms with van der Waals surface area (Å²) in [5.41, 5.74) is 0. The summed E-state index contributed by atoms with van der Waals surface area (Å²) in [7, 11) is 0. The molecule has 2 heterocycles. The largest absolute Gasteiger partial charge is 0.464 e. The van der Waals surface area contributed by atoms with Crippen LogP contribution in [0.4, 0.5) is 0 Å². The van der Waals surface area contributed by atoms with Gasteiger partial charge in [0.2, 0.25) is 5.91 Å². The van der Waals surface area contributed by atoms with Crippen LogP contribution in [-0.4, -0.2) is 18.5 Å². The molecule has 0 saturated carbocycles. The van der Waals surface area contributed by atoms with Crippen LogP contribution in [0.3, 0.4) is 0 Å². The lowest BCUT2D eigenvalue weighted by Crippen LogP contribution is -2.42. The van der Waals surface area contributed by atoms with Crippen molar-refractivity contribution < 1.29 is 9.21 Å². The number of carbonyl (C=O) groups excluding carboxylic acids is 1. The lowest BCUT2D eigenvalue weighted by Gasteiger charge is -2.28. The highest BCUT2D eigenvalue weighted by atomic mass is 16.3. The molecule has 1 aromatic heterocycles. The maximum atomic E-state index is 12.2. The van der Waals surface area contributed by atoms with E-state index in [1.54, 1.807) is 0 Å². The maximum Gasteiger partial charge on any atom is 0.223 e. The lowest BCUT2D eigenvalue weighted by atomic mass is 9.92. The van der Waals surface area contributed by atoms with Crippen LogP contribution in [-0.2, 0) is 4.79 Å². The van der Waals surface area contributed by atoms with Gasteiger partial charge in [0.1, 0.15) is 11.5 Å². The maximum absolute atomic E-state index is 12.2. The smallest absolute Gasteiger partial charge is 0.223 e. The molecule has 1 amide bonds. The van der Waals surface area contributed by atoms with E-state index in [-0.39, 0.29) is 17.9 Å². The molecule has 1 aliphatic heterocycles. The van der Waals surface area contributed by atoms with E-state index >= 15 is 0 Å². The van der Waals surface area contributed by atoms with Crippen molar-refractivity contribution in [1.29, 1.82) is 0 Å². The Morgan fingerprint density at radius 2 is 2.33 bits per heavy atom. The van der Waals surface area contributed by atoms with Gasteiger partial charge in [0, 0.05) is 12.0 Å². The Morgan fingerprint density at radius 1 is 1.56 bits per heavy atom. The third kappa shape index (κ3) is 3.13. The minimum absolute atomic E-state index is 0.0589. The summed E-state index contributed by atoms with van der Waals surface area (Å²) < 4.78 is 5.53. The van der Waals surface area contributed by atoms with Crippen molar-refractivity contribution in [3.63, 3.8) is 0 Å². The first kappa shape index (κ1) is 13.1. The van der Waals surface area contributed by atoms with E-state index in [4.69, 9.17) is 4.42 Å². The summed E-state index contributed by atoms with van der Waals surface area (Å²) in [6, 6.07) is 4.21. The lowest BCUT2D eigenvalue weighted by molar-refractivity contribution is -0.126. The average Bonchev–Trinajstić information content (AvgIpc) is 2.76. The van der Waals surface area contributed by atoms with E-state index in [1.165, 1.54) is 0 Å². The van der Waals surface area contributed by atoms with Gasteiger partial charge in [-0.25, -0.2) is 0 Å². The first-order valence-electron chi connectivity index (χ1n) is 6.66. The summed E-state index contributed by atoms with van der Waals surface area (Å²) in [6.45, 7) is 6.92. The van der Waals surface area contributed by atoms with Crippen LogP contribution in [0.15, 0.2) is 16.5 Å². The molecule has 0 aromatic carbocycles. The van der Waals surface area contributed by atoms with Crippen molar-refractivity contribution in [1.82, 2.24) is 10.6 Å². The molecule has 4 nitrogen and oxygen atoms in total. The number of aryl methyl sites for hydroxylation is 1. The van der Waals surface area contributed by atoms with Crippen LogP contribution in [0.5, 0.6) is 0 Å². The molecule has 0 spiro atoms. The van der Waals surface area contributed by atoms with Crippen molar-refractivity contribution in [3.8, 4) is 0 Å². The zero-order chi connectivity index (χ0) is 13.1. The molecule has 3 unspecified atom stereocenters. The summed E-state index contributed by atoms with van der Waals surface area (Å²) in [5, 5.41) is 6.40. The number of nitrogens with one attached hydrogen (secondary N) is 2. The third-order valence-corrected chi connectivity index (χ3v) is 3.54. The predicted molar refractivity (Wildman–Crippen MR) is 70.2 cm³/mol. The van der Waals surface area contributed by atoms with Gasteiger partial charge in [-0.2, -0.15) is 0 Å². The minimum Gasteiger partial charge on any atom is -0.464 e. The molecule has 2 N–H and O–H groups in total. The highest BCUT2D eigenvalue weighted by Crippen LogP contribution is 2.20. The fraction of sp³-hybridized carbons (Fsp3) is 0.643. The van der Waals surface area contributed by atoms with E-state index in [2.05, 4.69) is 17.6 Å². The summed E-state index contributed by atoms with van der Waals surface area (Å²) in [4.78, 5) is 12.2. The van der Waals surface area contributed by atoms with Gasteiger partial charge in [-0.3, -0.25) is 4.79 Å². The molecule has 0 radical (unpaired) electrons. The first-order valence-corrected chi connectivity index (χ1v) is 6.66. The fourth-order valence-corrected chi connectivity index (χ4v) is 2.46. The third-order valence-electron chi connectivity index (χ3n) is 3.54. The van der Waals surface area contributed by atoms with E-state index in [0.29, 0.717) is 6.04 Å². The highest BCUT2D eigenvalue weighted by molar-refractivity contribution is 5.79. The molecule has 1 aliphatic rings. The number of carbonyl (C=O) groups is 1. The second kappa shape index (κ2) is 5.57. The molecule has 100 valence electrons. The van der Waals surface area contributed by atoms with Gasteiger partial charge in [-0.1, -0.05) is 0 Å². The predicted octanol–water partition coefficient (Wildman–Crippen LogP) is 2.15. The minimum atomic E-state index is -0.0589. The Labute approximate surface area is 108 Å². The van der Waals surface area contributed by atoms with Gasteiger partial charge in [0.25, 0.3) is 0 Å². The normalized spacial score (nSPS) is 25.7. The zero-order valence-electron chi connectivity index (χ0n) is 11.3. The number of furan rings is 1. The molecule has 0 bridgehead atoms. The van der Waals surface area contributed by atoms with Crippen LogP contribution >= 0.6 is 0 Å². The molecule has 1 fully saturated rings. The molecule has 3 atom stereocenters. The Bertz CT molecular complexity index is 414. The Kier molecular flexibility index (Phi) is 4.07.